The molecule has 218 valence electrons. The van der Waals surface area contributed by atoms with Crippen LogP contribution >= 0.6 is 11.8 Å². The van der Waals surface area contributed by atoms with Crippen LogP contribution in [0.15, 0.2) is 41.3 Å². The second kappa shape index (κ2) is 11.8. The van der Waals surface area contributed by atoms with Crippen molar-refractivity contribution in [1.82, 2.24) is 0 Å². The first-order chi connectivity index (χ1) is 19.6. The number of ether oxygens (including phenoxy) is 3. The predicted octanol–water partition coefficient (Wildman–Crippen LogP) is 6.47. The molecule has 1 aliphatic carbocycles. The second-order valence-corrected chi connectivity index (χ2v) is 13.0. The molecule has 41 heavy (non-hydrogen) atoms. The van der Waals surface area contributed by atoms with Gasteiger partial charge >= 0.3 is 11.9 Å². The number of carbonyl (C=O) groups excluding carboxylic acids is 3. The van der Waals surface area contributed by atoms with Crippen LogP contribution in [0, 0.1) is 5.92 Å². The van der Waals surface area contributed by atoms with Crippen molar-refractivity contribution in [2.24, 2.45) is 5.92 Å². The highest BCUT2D eigenvalue weighted by Crippen LogP contribution is 2.45. The number of amides is 1. The van der Waals surface area contributed by atoms with Crippen LogP contribution in [0.5, 0.6) is 11.5 Å². The zero-order chi connectivity index (χ0) is 29.3. The molecule has 2 aromatic rings. The number of fused-ring (bicyclic) bond motifs is 1. The molecule has 1 N–H and O–H groups in total. The Balaban J connectivity index is 1.50. The highest BCUT2D eigenvalue weighted by atomic mass is 32.2. The number of benzene rings is 2. The molecule has 5 rings (SSSR count). The molecule has 1 amide bonds. The fourth-order valence-corrected chi connectivity index (χ4v) is 6.82. The first-order valence-electron chi connectivity index (χ1n) is 14.3. The van der Waals surface area contributed by atoms with Crippen molar-refractivity contribution in [2.45, 2.75) is 76.7 Å². The molecule has 0 spiro atoms. The summed E-state index contributed by atoms with van der Waals surface area (Å²) in [5, 5.41) is 3.67. The van der Waals surface area contributed by atoms with E-state index in [-0.39, 0.29) is 30.4 Å². The van der Waals surface area contributed by atoms with Gasteiger partial charge in [-0.15, -0.1) is 11.8 Å². The number of methoxy groups -OCH3 is 1. The standard InChI is InChI=1S/C32H38N2O6S/c1-19-11-16-27(41-19)30(36)39-18-24-22(14-15-25-28(24)34(4)31(37)32(2,3)33-25)23-13-12-21(17-26(23)38-5)40-29(35)20-9-7-6-8-10-20/h12-17,19-20,33H,6-11,18H2,1-5H3. The molecule has 8 nitrogen and oxygen atoms in total. The van der Waals surface area contributed by atoms with Crippen molar-refractivity contribution in [2.75, 3.05) is 24.4 Å². The topological polar surface area (TPSA) is 94.2 Å². The molecule has 0 aromatic heterocycles. The summed E-state index contributed by atoms with van der Waals surface area (Å²) >= 11 is 1.51. The van der Waals surface area contributed by atoms with E-state index in [2.05, 4.69) is 12.2 Å². The highest BCUT2D eigenvalue weighted by Gasteiger charge is 2.39. The van der Waals surface area contributed by atoms with E-state index >= 15 is 0 Å². The lowest BCUT2D eigenvalue weighted by Gasteiger charge is -2.39. The van der Waals surface area contributed by atoms with Gasteiger partial charge in [-0.2, -0.15) is 0 Å². The Labute approximate surface area is 245 Å². The maximum atomic E-state index is 13.3. The SMILES string of the molecule is COc1cc(OC(=O)C2CCCCC2)ccc1-c1ccc2c(c1COC(=O)C1=CCC(C)S1)N(C)C(=O)C(C)(C)N2. The number of carbonyl (C=O) groups is 3. The third kappa shape index (κ3) is 5.96. The Morgan fingerprint density at radius 3 is 2.51 bits per heavy atom. The molecule has 9 heteroatoms. The average Bonchev–Trinajstić information content (AvgIpc) is 3.41. The third-order valence-electron chi connectivity index (χ3n) is 8.04. The minimum absolute atomic E-state index is 0.0368. The molecular weight excluding hydrogens is 540 g/mol. The number of esters is 2. The van der Waals surface area contributed by atoms with Crippen molar-refractivity contribution in [3.63, 3.8) is 0 Å². The molecule has 1 unspecified atom stereocenters. The predicted molar refractivity (Wildman–Crippen MR) is 161 cm³/mol. The van der Waals surface area contributed by atoms with Gasteiger partial charge in [0.1, 0.15) is 23.6 Å². The fourth-order valence-electron chi connectivity index (χ4n) is 5.85. The van der Waals surface area contributed by atoms with Gasteiger partial charge in [0.05, 0.1) is 29.3 Å². The lowest BCUT2D eigenvalue weighted by molar-refractivity contribution is -0.140. The van der Waals surface area contributed by atoms with Gasteiger partial charge in [-0.25, -0.2) is 4.79 Å². The smallest absolute Gasteiger partial charge is 0.344 e. The zero-order valence-electron chi connectivity index (χ0n) is 24.4. The third-order valence-corrected chi connectivity index (χ3v) is 9.22. The van der Waals surface area contributed by atoms with Gasteiger partial charge in [0.2, 0.25) is 0 Å². The summed E-state index contributed by atoms with van der Waals surface area (Å²) in [7, 11) is 3.30. The minimum atomic E-state index is -0.791. The Morgan fingerprint density at radius 2 is 1.83 bits per heavy atom. The average molecular weight is 579 g/mol. The van der Waals surface area contributed by atoms with Crippen LogP contribution in [-0.2, 0) is 25.7 Å². The van der Waals surface area contributed by atoms with Crippen LogP contribution in [0.1, 0.15) is 64.9 Å². The molecule has 0 radical (unpaired) electrons. The Kier molecular flexibility index (Phi) is 8.36. The molecule has 1 saturated carbocycles. The number of thioether (sulfide) groups is 1. The van der Waals surface area contributed by atoms with E-state index in [9.17, 15) is 14.4 Å². The lowest BCUT2D eigenvalue weighted by atomic mass is 9.89. The number of rotatable bonds is 7. The summed E-state index contributed by atoms with van der Waals surface area (Å²) in [6.07, 6.45) is 7.71. The van der Waals surface area contributed by atoms with Crippen LogP contribution < -0.4 is 19.7 Å². The van der Waals surface area contributed by atoms with E-state index < -0.39 is 5.54 Å². The molecule has 1 fully saturated rings. The van der Waals surface area contributed by atoms with E-state index in [1.165, 1.54) is 11.8 Å². The number of likely N-dealkylation sites (N-methyl/N-ethyl adjacent to an activating group) is 1. The van der Waals surface area contributed by atoms with Crippen molar-refractivity contribution in [3.8, 4) is 22.6 Å². The summed E-state index contributed by atoms with van der Waals surface area (Å²) < 4.78 is 17.3. The molecule has 2 heterocycles. The second-order valence-electron chi connectivity index (χ2n) is 11.5. The van der Waals surface area contributed by atoms with Gasteiger partial charge in [-0.05, 0) is 56.9 Å². The van der Waals surface area contributed by atoms with Crippen LogP contribution in [0.3, 0.4) is 0 Å². The number of nitrogens with zero attached hydrogens (tertiary/aromatic N) is 1. The van der Waals surface area contributed by atoms with Crippen LogP contribution in [0.2, 0.25) is 0 Å². The molecule has 0 bridgehead atoms. The molecule has 0 saturated heterocycles. The lowest BCUT2D eigenvalue weighted by Crippen LogP contribution is -2.52. The number of hydrogen-bond acceptors (Lipinski definition) is 8. The maximum absolute atomic E-state index is 13.3. The van der Waals surface area contributed by atoms with Crippen molar-refractivity contribution in [3.05, 3.63) is 46.9 Å². The zero-order valence-corrected chi connectivity index (χ0v) is 25.2. The molecule has 1 atom stereocenters. The number of allylic oxidation sites excluding steroid dienone is 1. The Hall–Kier alpha value is -3.46. The van der Waals surface area contributed by atoms with Crippen LogP contribution in [0.25, 0.3) is 11.1 Å². The molecular formula is C32H38N2O6S. The van der Waals surface area contributed by atoms with E-state index in [4.69, 9.17) is 14.2 Å². The Morgan fingerprint density at radius 1 is 1.10 bits per heavy atom. The Bertz CT molecular complexity index is 1390. The monoisotopic (exact) mass is 578 g/mol. The van der Waals surface area contributed by atoms with Gasteiger partial charge in [0, 0.05) is 29.5 Å². The summed E-state index contributed by atoms with van der Waals surface area (Å²) in [5.74, 6) is 0.169. The minimum Gasteiger partial charge on any atom is -0.496 e. The van der Waals surface area contributed by atoms with Gasteiger partial charge in [0.25, 0.3) is 5.91 Å². The summed E-state index contributed by atoms with van der Waals surface area (Å²) in [6.45, 7) is 5.71. The fraction of sp³-hybridized carbons (Fsp3) is 0.469. The number of anilines is 2. The van der Waals surface area contributed by atoms with Gasteiger partial charge < -0.3 is 24.4 Å². The summed E-state index contributed by atoms with van der Waals surface area (Å²) in [5.41, 5.74) is 2.79. The largest absolute Gasteiger partial charge is 0.496 e. The quantitative estimate of drug-likeness (QED) is 0.295. The van der Waals surface area contributed by atoms with Gasteiger partial charge in [-0.1, -0.05) is 38.3 Å². The van der Waals surface area contributed by atoms with Crippen molar-refractivity contribution in [1.29, 1.82) is 0 Å². The maximum Gasteiger partial charge on any atom is 0.344 e. The molecule has 2 aromatic carbocycles. The highest BCUT2D eigenvalue weighted by molar-refractivity contribution is 8.04. The first kappa shape index (κ1) is 29.0. The van der Waals surface area contributed by atoms with Crippen molar-refractivity contribution < 1.29 is 28.6 Å². The van der Waals surface area contributed by atoms with E-state index in [1.807, 2.05) is 38.1 Å². The van der Waals surface area contributed by atoms with Gasteiger partial charge in [-0.3, -0.25) is 9.59 Å². The first-order valence-corrected chi connectivity index (χ1v) is 15.1. The summed E-state index contributed by atoms with van der Waals surface area (Å²) in [4.78, 5) is 41.2. The summed E-state index contributed by atoms with van der Waals surface area (Å²) in [6, 6.07) is 9.17. The van der Waals surface area contributed by atoms with Crippen molar-refractivity contribution >= 4 is 41.0 Å². The van der Waals surface area contributed by atoms with E-state index in [1.54, 1.807) is 31.2 Å². The molecule has 2 aliphatic heterocycles. The number of nitrogens with one attached hydrogen (secondary N) is 1. The van der Waals surface area contributed by atoms with E-state index in [0.29, 0.717) is 32.9 Å². The van der Waals surface area contributed by atoms with Crippen LogP contribution in [0.4, 0.5) is 11.4 Å². The molecule has 3 aliphatic rings. The number of hydrogen-bond donors (Lipinski definition) is 1. The van der Waals surface area contributed by atoms with Gasteiger partial charge in [0.15, 0.2) is 0 Å². The normalized spacial score (nSPS) is 20.1. The van der Waals surface area contributed by atoms with E-state index in [0.717, 1.165) is 55.3 Å². The van der Waals surface area contributed by atoms with Crippen LogP contribution in [-0.4, -0.2) is 42.8 Å².